The van der Waals surface area contributed by atoms with E-state index >= 15 is 0 Å². The summed E-state index contributed by atoms with van der Waals surface area (Å²) in [6.45, 7) is 1.95. The lowest BCUT2D eigenvalue weighted by Crippen LogP contribution is -1.91. The van der Waals surface area contributed by atoms with Gasteiger partial charge in [0, 0.05) is 5.38 Å². The minimum atomic E-state index is 0.156. The largest absolute Gasteiger partial charge is 0.338 e. The first kappa shape index (κ1) is 9.80. The molecule has 0 aliphatic rings. The zero-order chi connectivity index (χ0) is 10.7. The quantitative estimate of drug-likeness (QED) is 0.783. The van der Waals surface area contributed by atoms with E-state index in [1.807, 2.05) is 18.4 Å². The molecule has 0 aromatic carbocycles. The lowest BCUT2D eigenvalue weighted by molar-refractivity contribution is 0.382. The van der Waals surface area contributed by atoms with E-state index < -0.39 is 0 Å². The summed E-state index contributed by atoms with van der Waals surface area (Å²) in [5.74, 6) is 0.935. The normalized spacial score (nSPS) is 10.1. The molecule has 0 fully saturated rings. The number of aromatic nitrogens is 3. The van der Waals surface area contributed by atoms with Crippen LogP contribution < -0.4 is 0 Å². The van der Waals surface area contributed by atoms with Gasteiger partial charge in [0.2, 0.25) is 5.89 Å². The monoisotopic (exact) mass is 220 g/mol. The number of hydrogen-bond donors (Lipinski definition) is 0. The van der Waals surface area contributed by atoms with Crippen molar-refractivity contribution in [3.8, 4) is 6.07 Å². The van der Waals surface area contributed by atoms with E-state index in [1.165, 1.54) is 0 Å². The van der Waals surface area contributed by atoms with Gasteiger partial charge in [-0.3, -0.25) is 0 Å². The van der Waals surface area contributed by atoms with Gasteiger partial charge in [0.1, 0.15) is 6.42 Å². The van der Waals surface area contributed by atoms with Gasteiger partial charge in [-0.1, -0.05) is 5.16 Å². The van der Waals surface area contributed by atoms with Crippen LogP contribution in [0.4, 0.5) is 0 Å². The molecule has 76 valence electrons. The number of thiazole rings is 1. The Morgan fingerprint density at radius 3 is 3.07 bits per heavy atom. The molecule has 0 saturated heterocycles. The second-order valence-electron chi connectivity index (χ2n) is 2.97. The second-order valence-corrected chi connectivity index (χ2v) is 4.04. The maximum absolute atomic E-state index is 8.43. The Morgan fingerprint density at radius 2 is 2.40 bits per heavy atom. The Hall–Kier alpha value is -1.74. The summed E-state index contributed by atoms with van der Waals surface area (Å²) >= 11 is 1.59. The molecule has 0 atom stereocenters. The zero-order valence-corrected chi connectivity index (χ0v) is 8.91. The van der Waals surface area contributed by atoms with Gasteiger partial charge in [0.25, 0.3) is 0 Å². The van der Waals surface area contributed by atoms with E-state index in [0.717, 1.165) is 10.7 Å². The van der Waals surface area contributed by atoms with E-state index in [-0.39, 0.29) is 6.42 Å². The number of nitrogens with zero attached hydrogens (tertiary/aromatic N) is 4. The van der Waals surface area contributed by atoms with Crippen LogP contribution in [0.3, 0.4) is 0 Å². The molecule has 2 aromatic rings. The van der Waals surface area contributed by atoms with Crippen LogP contribution in [0.1, 0.15) is 22.4 Å². The predicted molar refractivity (Wildman–Crippen MR) is 53.3 cm³/mol. The molecule has 0 unspecified atom stereocenters. The van der Waals surface area contributed by atoms with Gasteiger partial charge >= 0.3 is 0 Å². The fourth-order valence-corrected chi connectivity index (χ4v) is 1.77. The number of nitriles is 1. The minimum absolute atomic E-state index is 0.156. The van der Waals surface area contributed by atoms with Crippen LogP contribution in [-0.2, 0) is 12.8 Å². The molecule has 0 aliphatic carbocycles. The maximum Gasteiger partial charge on any atom is 0.240 e. The molecule has 15 heavy (non-hydrogen) atoms. The highest BCUT2D eigenvalue weighted by Gasteiger charge is 2.08. The summed E-state index contributed by atoms with van der Waals surface area (Å²) < 4.78 is 4.88. The van der Waals surface area contributed by atoms with Crippen molar-refractivity contribution in [3.63, 3.8) is 0 Å². The third kappa shape index (κ3) is 2.39. The first-order chi connectivity index (χ1) is 7.28. The lowest BCUT2D eigenvalue weighted by atomic mass is 10.3. The predicted octanol–water partition coefficient (Wildman–Crippen LogP) is 1.49. The highest BCUT2D eigenvalue weighted by atomic mass is 32.1. The van der Waals surface area contributed by atoms with Crippen molar-refractivity contribution >= 4 is 11.3 Å². The first-order valence-electron chi connectivity index (χ1n) is 4.37. The summed E-state index contributed by atoms with van der Waals surface area (Å²) in [7, 11) is 0. The average molecular weight is 220 g/mol. The van der Waals surface area contributed by atoms with Crippen LogP contribution >= 0.6 is 11.3 Å². The van der Waals surface area contributed by atoms with Gasteiger partial charge in [-0.2, -0.15) is 10.2 Å². The summed E-state index contributed by atoms with van der Waals surface area (Å²) in [6.07, 6.45) is 0.711. The third-order valence-electron chi connectivity index (χ3n) is 1.75. The molecule has 0 amide bonds. The molecule has 2 rings (SSSR count). The van der Waals surface area contributed by atoms with E-state index in [9.17, 15) is 0 Å². The van der Waals surface area contributed by atoms with Gasteiger partial charge in [-0.15, -0.1) is 11.3 Å². The van der Waals surface area contributed by atoms with Crippen LogP contribution in [-0.4, -0.2) is 15.1 Å². The minimum Gasteiger partial charge on any atom is -0.338 e. The standard InChI is InChI=1S/C9H8N4OS/c1-6-11-7(5-15-6)4-8-12-9(2-3-10)14-13-8/h5H,2,4H2,1H3. The Balaban J connectivity index is 2.08. The molecule has 0 radical (unpaired) electrons. The Kier molecular flexibility index (Phi) is 2.74. The topological polar surface area (TPSA) is 75.6 Å². The third-order valence-corrected chi connectivity index (χ3v) is 2.57. The lowest BCUT2D eigenvalue weighted by Gasteiger charge is -1.86. The second kappa shape index (κ2) is 4.19. The molecule has 0 aliphatic heterocycles. The molecule has 6 heteroatoms. The first-order valence-corrected chi connectivity index (χ1v) is 5.25. The van der Waals surface area contributed by atoms with Gasteiger partial charge < -0.3 is 4.52 Å². The van der Waals surface area contributed by atoms with Crippen LogP contribution in [0.25, 0.3) is 0 Å². The number of aryl methyl sites for hydroxylation is 1. The SMILES string of the molecule is Cc1nc(Cc2noc(CC#N)n2)cs1. The Bertz CT molecular complexity index is 496. The van der Waals surface area contributed by atoms with E-state index in [2.05, 4.69) is 15.1 Å². The van der Waals surface area contributed by atoms with Crippen LogP contribution in [0.2, 0.25) is 0 Å². The van der Waals surface area contributed by atoms with Gasteiger partial charge in [0.15, 0.2) is 5.82 Å². The highest BCUT2D eigenvalue weighted by Crippen LogP contribution is 2.11. The van der Waals surface area contributed by atoms with E-state index in [1.54, 1.807) is 11.3 Å². The van der Waals surface area contributed by atoms with Crippen molar-refractivity contribution < 1.29 is 4.52 Å². The van der Waals surface area contributed by atoms with Gasteiger partial charge in [-0.25, -0.2) is 4.98 Å². The van der Waals surface area contributed by atoms with Crippen LogP contribution in [0, 0.1) is 18.3 Å². The van der Waals surface area contributed by atoms with Crippen molar-refractivity contribution in [2.24, 2.45) is 0 Å². The molecular formula is C9H8N4OS. The summed E-state index contributed by atoms with van der Waals surface area (Å²) in [5.41, 5.74) is 0.932. The van der Waals surface area contributed by atoms with Crippen molar-refractivity contribution in [2.45, 2.75) is 19.8 Å². The molecule has 0 bridgehead atoms. The fourth-order valence-electron chi connectivity index (χ4n) is 1.15. The molecule has 0 saturated carbocycles. The Morgan fingerprint density at radius 1 is 1.53 bits per heavy atom. The van der Waals surface area contributed by atoms with Crippen molar-refractivity contribution in [3.05, 3.63) is 27.8 Å². The average Bonchev–Trinajstić information content (AvgIpc) is 2.78. The van der Waals surface area contributed by atoms with Crippen molar-refractivity contribution in [1.82, 2.24) is 15.1 Å². The van der Waals surface area contributed by atoms with Crippen LogP contribution in [0.15, 0.2) is 9.90 Å². The highest BCUT2D eigenvalue weighted by molar-refractivity contribution is 7.09. The van der Waals surface area contributed by atoms with E-state index in [0.29, 0.717) is 18.1 Å². The molecule has 5 nitrogen and oxygen atoms in total. The van der Waals surface area contributed by atoms with Gasteiger partial charge in [0.05, 0.1) is 23.2 Å². The molecule has 2 heterocycles. The molecule has 2 aromatic heterocycles. The van der Waals surface area contributed by atoms with E-state index in [4.69, 9.17) is 9.78 Å². The summed E-state index contributed by atoms with van der Waals surface area (Å²) in [4.78, 5) is 8.36. The van der Waals surface area contributed by atoms with Crippen LogP contribution in [0.5, 0.6) is 0 Å². The number of hydrogen-bond acceptors (Lipinski definition) is 6. The van der Waals surface area contributed by atoms with Crippen molar-refractivity contribution in [1.29, 1.82) is 5.26 Å². The maximum atomic E-state index is 8.43. The Labute approximate surface area is 90.4 Å². The zero-order valence-electron chi connectivity index (χ0n) is 8.10. The molecule has 0 N–H and O–H groups in total. The summed E-state index contributed by atoms with van der Waals surface area (Å²) in [5, 5.41) is 15.2. The van der Waals surface area contributed by atoms with Crippen molar-refractivity contribution in [2.75, 3.05) is 0 Å². The summed E-state index contributed by atoms with van der Waals surface area (Å²) in [6, 6.07) is 1.96. The van der Waals surface area contributed by atoms with Gasteiger partial charge in [-0.05, 0) is 6.92 Å². The molecular weight excluding hydrogens is 212 g/mol. The smallest absolute Gasteiger partial charge is 0.240 e. The number of rotatable bonds is 3. The fraction of sp³-hybridized carbons (Fsp3) is 0.333. The molecule has 0 spiro atoms.